The molecule has 2 aromatic carbocycles. The van der Waals surface area contributed by atoms with Crippen LogP contribution in [0.5, 0.6) is 0 Å². The number of fused-ring (bicyclic) bond motifs is 1. The molecule has 4 heteroatoms. The highest BCUT2D eigenvalue weighted by molar-refractivity contribution is 6.35. The fourth-order valence-corrected chi connectivity index (χ4v) is 2.36. The van der Waals surface area contributed by atoms with Crippen molar-refractivity contribution in [3.05, 3.63) is 52.0 Å². The quantitative estimate of drug-likeness (QED) is 0.677. The first kappa shape index (κ1) is 11.6. The van der Waals surface area contributed by atoms with Crippen LogP contribution in [0.15, 0.2) is 36.4 Å². The molecule has 2 nitrogen and oxygen atoms in total. The second kappa shape index (κ2) is 4.30. The molecule has 1 aromatic heterocycles. The molecule has 0 aliphatic carbocycles. The summed E-state index contributed by atoms with van der Waals surface area (Å²) in [5.41, 5.74) is 3.91. The van der Waals surface area contributed by atoms with Gasteiger partial charge in [-0.3, -0.25) is 0 Å². The maximum atomic E-state index is 6.18. The third kappa shape index (κ3) is 1.88. The Hall–Kier alpha value is -1.51. The first-order valence-electron chi connectivity index (χ1n) is 5.56. The van der Waals surface area contributed by atoms with Gasteiger partial charge in [0.1, 0.15) is 5.82 Å². The number of nitrogens with zero attached hydrogens (tertiary/aromatic N) is 1. The van der Waals surface area contributed by atoms with Crippen LogP contribution in [0, 0.1) is 6.92 Å². The first-order chi connectivity index (χ1) is 8.65. The van der Waals surface area contributed by atoms with Gasteiger partial charge in [0.15, 0.2) is 0 Å². The van der Waals surface area contributed by atoms with Gasteiger partial charge in [-0.05, 0) is 36.8 Å². The van der Waals surface area contributed by atoms with E-state index in [1.165, 1.54) is 0 Å². The van der Waals surface area contributed by atoms with Gasteiger partial charge in [0.2, 0.25) is 0 Å². The summed E-state index contributed by atoms with van der Waals surface area (Å²) in [7, 11) is 0. The number of aromatic amines is 1. The van der Waals surface area contributed by atoms with Crippen LogP contribution in [-0.2, 0) is 0 Å². The molecule has 1 N–H and O–H groups in total. The molecule has 0 aliphatic heterocycles. The van der Waals surface area contributed by atoms with Crippen LogP contribution < -0.4 is 0 Å². The molecule has 1 heterocycles. The van der Waals surface area contributed by atoms with E-state index in [2.05, 4.69) is 9.97 Å². The van der Waals surface area contributed by atoms with Crippen LogP contribution in [0.25, 0.3) is 22.4 Å². The van der Waals surface area contributed by atoms with Gasteiger partial charge in [-0.15, -0.1) is 0 Å². The summed E-state index contributed by atoms with van der Waals surface area (Å²) < 4.78 is 0. The monoisotopic (exact) mass is 276 g/mol. The molecule has 0 saturated carbocycles. The minimum Gasteiger partial charge on any atom is -0.338 e. The van der Waals surface area contributed by atoms with Crippen LogP contribution in [0.1, 0.15) is 5.56 Å². The Labute approximate surface area is 115 Å². The molecule has 0 radical (unpaired) electrons. The van der Waals surface area contributed by atoms with Gasteiger partial charge < -0.3 is 4.98 Å². The van der Waals surface area contributed by atoms with E-state index in [0.717, 1.165) is 28.0 Å². The first-order valence-corrected chi connectivity index (χ1v) is 6.31. The predicted octanol–water partition coefficient (Wildman–Crippen LogP) is 4.85. The van der Waals surface area contributed by atoms with Gasteiger partial charge in [-0.25, -0.2) is 4.98 Å². The van der Waals surface area contributed by atoms with Crippen molar-refractivity contribution in [3.8, 4) is 11.4 Å². The lowest BCUT2D eigenvalue weighted by atomic mass is 10.2. The van der Waals surface area contributed by atoms with Crippen molar-refractivity contribution in [2.75, 3.05) is 0 Å². The zero-order valence-corrected chi connectivity index (χ0v) is 11.2. The van der Waals surface area contributed by atoms with Gasteiger partial charge in [0, 0.05) is 10.6 Å². The van der Waals surface area contributed by atoms with Crippen LogP contribution >= 0.6 is 23.2 Å². The average molecular weight is 277 g/mol. The Morgan fingerprint density at radius 1 is 1.11 bits per heavy atom. The van der Waals surface area contributed by atoms with Crippen LogP contribution in [0.3, 0.4) is 0 Å². The molecular formula is C14H10Cl2N2. The lowest BCUT2D eigenvalue weighted by Crippen LogP contribution is -1.82. The fourth-order valence-electron chi connectivity index (χ4n) is 1.98. The molecule has 3 aromatic rings. The molecule has 0 amide bonds. The predicted molar refractivity (Wildman–Crippen MR) is 76.3 cm³/mol. The van der Waals surface area contributed by atoms with Gasteiger partial charge in [0.25, 0.3) is 0 Å². The summed E-state index contributed by atoms with van der Waals surface area (Å²) in [6.45, 7) is 2.03. The summed E-state index contributed by atoms with van der Waals surface area (Å²) >= 11 is 12.2. The molecule has 0 atom stereocenters. The number of hydrogen-bond donors (Lipinski definition) is 1. The smallest absolute Gasteiger partial charge is 0.140 e. The Bertz CT molecular complexity index is 732. The standard InChI is InChI=1S/C14H10Cl2N2/c1-8-3-2-4-12-13(8)18-14(17-12)10-7-9(15)5-6-11(10)16/h2-7H,1H3,(H,17,18). The van der Waals surface area contributed by atoms with Crippen molar-refractivity contribution in [1.29, 1.82) is 0 Å². The Morgan fingerprint density at radius 2 is 1.94 bits per heavy atom. The number of aromatic nitrogens is 2. The second-order valence-electron chi connectivity index (χ2n) is 4.18. The summed E-state index contributed by atoms with van der Waals surface area (Å²) in [6, 6.07) is 11.4. The van der Waals surface area contributed by atoms with Crippen molar-refractivity contribution in [1.82, 2.24) is 9.97 Å². The molecule has 3 rings (SSSR count). The maximum Gasteiger partial charge on any atom is 0.140 e. The zero-order chi connectivity index (χ0) is 12.7. The van der Waals surface area contributed by atoms with Crippen molar-refractivity contribution in [2.45, 2.75) is 6.92 Å². The molecular weight excluding hydrogens is 267 g/mol. The zero-order valence-electron chi connectivity index (χ0n) is 9.67. The molecule has 0 aliphatic rings. The number of H-pyrrole nitrogens is 1. The van der Waals surface area contributed by atoms with Crippen molar-refractivity contribution in [3.63, 3.8) is 0 Å². The fraction of sp³-hybridized carbons (Fsp3) is 0.0714. The molecule has 0 fully saturated rings. The van der Waals surface area contributed by atoms with E-state index in [1.54, 1.807) is 12.1 Å². The van der Waals surface area contributed by atoms with Gasteiger partial charge in [-0.1, -0.05) is 35.3 Å². The molecule has 0 bridgehead atoms. The van der Waals surface area contributed by atoms with Crippen LogP contribution in [0.4, 0.5) is 0 Å². The Morgan fingerprint density at radius 3 is 2.72 bits per heavy atom. The van der Waals surface area contributed by atoms with Gasteiger partial charge >= 0.3 is 0 Å². The third-order valence-electron chi connectivity index (χ3n) is 2.90. The number of rotatable bonds is 1. The summed E-state index contributed by atoms with van der Waals surface area (Å²) in [4.78, 5) is 7.85. The topological polar surface area (TPSA) is 28.7 Å². The number of aryl methyl sites for hydroxylation is 1. The van der Waals surface area contributed by atoms with E-state index in [-0.39, 0.29) is 0 Å². The number of nitrogens with one attached hydrogen (secondary N) is 1. The summed E-state index contributed by atoms with van der Waals surface area (Å²) in [6.07, 6.45) is 0. The van der Waals surface area contributed by atoms with Crippen LogP contribution in [0.2, 0.25) is 10.0 Å². The second-order valence-corrected chi connectivity index (χ2v) is 5.02. The number of benzene rings is 2. The number of halogens is 2. The van der Waals surface area contributed by atoms with E-state index >= 15 is 0 Å². The highest BCUT2D eigenvalue weighted by Gasteiger charge is 2.10. The average Bonchev–Trinajstić information content (AvgIpc) is 2.77. The molecule has 18 heavy (non-hydrogen) atoms. The van der Waals surface area contributed by atoms with Crippen LogP contribution in [-0.4, -0.2) is 9.97 Å². The summed E-state index contributed by atoms with van der Waals surface area (Å²) in [5, 5.41) is 1.28. The van der Waals surface area contributed by atoms with E-state index in [4.69, 9.17) is 23.2 Å². The van der Waals surface area contributed by atoms with Crippen molar-refractivity contribution >= 4 is 34.2 Å². The van der Waals surface area contributed by atoms with E-state index in [9.17, 15) is 0 Å². The van der Waals surface area contributed by atoms with Crippen molar-refractivity contribution in [2.24, 2.45) is 0 Å². The normalized spacial score (nSPS) is 11.1. The highest BCUT2D eigenvalue weighted by Crippen LogP contribution is 2.30. The minimum atomic E-state index is 0.635. The van der Waals surface area contributed by atoms with Crippen molar-refractivity contribution < 1.29 is 0 Å². The minimum absolute atomic E-state index is 0.635. The Kier molecular flexibility index (Phi) is 2.77. The number of para-hydroxylation sites is 1. The van der Waals surface area contributed by atoms with E-state index in [0.29, 0.717) is 10.0 Å². The molecule has 90 valence electrons. The number of hydrogen-bond acceptors (Lipinski definition) is 1. The summed E-state index contributed by atoms with van der Waals surface area (Å²) in [5.74, 6) is 0.742. The van der Waals surface area contributed by atoms with Gasteiger partial charge in [-0.2, -0.15) is 0 Å². The maximum absolute atomic E-state index is 6.18. The Balaban J connectivity index is 2.26. The van der Waals surface area contributed by atoms with E-state index < -0.39 is 0 Å². The largest absolute Gasteiger partial charge is 0.338 e. The lowest BCUT2D eigenvalue weighted by Gasteiger charge is -2.00. The molecule has 0 spiro atoms. The highest BCUT2D eigenvalue weighted by atomic mass is 35.5. The molecule has 0 saturated heterocycles. The third-order valence-corrected chi connectivity index (χ3v) is 3.46. The number of imidazole rings is 1. The lowest BCUT2D eigenvalue weighted by molar-refractivity contribution is 1.33. The molecule has 0 unspecified atom stereocenters. The van der Waals surface area contributed by atoms with E-state index in [1.807, 2.05) is 31.2 Å². The van der Waals surface area contributed by atoms with Gasteiger partial charge in [0.05, 0.1) is 16.1 Å². The SMILES string of the molecule is Cc1cccc2[nH]c(-c3cc(Cl)ccc3Cl)nc12.